The minimum absolute atomic E-state index is 0.0814. The van der Waals surface area contributed by atoms with Crippen LogP contribution < -0.4 is 9.47 Å². The van der Waals surface area contributed by atoms with Gasteiger partial charge in [-0.15, -0.1) is 0 Å². The van der Waals surface area contributed by atoms with Crippen LogP contribution in [0.3, 0.4) is 0 Å². The minimum atomic E-state index is -0.853. The van der Waals surface area contributed by atoms with Gasteiger partial charge in [-0.25, -0.2) is 0 Å². The molecule has 6 aromatic carbocycles. The topological polar surface area (TPSA) is 201 Å². The third kappa shape index (κ3) is 5.93. The van der Waals surface area contributed by atoms with E-state index in [0.717, 1.165) is 5.56 Å². The fourth-order valence-corrected chi connectivity index (χ4v) is 7.41. The molecule has 0 aliphatic carbocycles. The third-order valence-electron chi connectivity index (χ3n) is 9.67. The molecule has 0 spiro atoms. The van der Waals surface area contributed by atoms with Gasteiger partial charge in [0.15, 0.2) is 23.0 Å². The first-order chi connectivity index (χ1) is 25.4. The second-order valence-electron chi connectivity index (χ2n) is 13.1. The standard InChI is InChI=1S/C42H32O11/c43-25-6-1-20(2-7-25)3-8-30-39-35(52-41(21-4-9-31(48)33(50)15-21)37(39)23-11-26(44)17-27(45)12-23)19-36-40(30)38(24-13-28(46)18-29(47)14-24)42(53-36)22-5-10-32(49)34(51)16-22/h1-19,37-38,41-51H. The number of phenols is 9. The number of fused-ring (bicyclic) bond motifs is 2. The highest BCUT2D eigenvalue weighted by Gasteiger charge is 2.46. The summed E-state index contributed by atoms with van der Waals surface area (Å²) in [6, 6.07) is 25.3. The van der Waals surface area contributed by atoms with Crippen molar-refractivity contribution in [2.24, 2.45) is 0 Å². The Kier molecular flexibility index (Phi) is 7.83. The molecule has 2 heterocycles. The molecule has 0 saturated carbocycles. The third-order valence-corrected chi connectivity index (χ3v) is 9.67. The first-order valence-electron chi connectivity index (χ1n) is 16.5. The van der Waals surface area contributed by atoms with Gasteiger partial charge in [0.25, 0.3) is 0 Å². The largest absolute Gasteiger partial charge is 0.508 e. The zero-order chi connectivity index (χ0) is 37.1. The van der Waals surface area contributed by atoms with Crippen LogP contribution in [0.2, 0.25) is 0 Å². The summed E-state index contributed by atoms with van der Waals surface area (Å²) in [7, 11) is 0. The molecule has 0 bridgehead atoms. The van der Waals surface area contributed by atoms with Crippen molar-refractivity contribution >= 4 is 12.2 Å². The van der Waals surface area contributed by atoms with E-state index < -0.39 is 24.0 Å². The molecule has 0 amide bonds. The van der Waals surface area contributed by atoms with Gasteiger partial charge in [-0.05, 0) is 94.0 Å². The van der Waals surface area contributed by atoms with Gasteiger partial charge in [0.05, 0.1) is 11.8 Å². The van der Waals surface area contributed by atoms with Gasteiger partial charge < -0.3 is 55.4 Å². The average molecular weight is 713 g/mol. The van der Waals surface area contributed by atoms with Gasteiger partial charge >= 0.3 is 0 Å². The molecule has 9 N–H and O–H groups in total. The summed E-state index contributed by atoms with van der Waals surface area (Å²) in [6.45, 7) is 0. The normalized spacial score (nSPS) is 18.7. The Morgan fingerprint density at radius 1 is 0.377 bits per heavy atom. The number of hydrogen-bond acceptors (Lipinski definition) is 11. The van der Waals surface area contributed by atoms with E-state index in [9.17, 15) is 46.0 Å². The summed E-state index contributed by atoms with van der Waals surface area (Å²) in [5, 5.41) is 93.9. The summed E-state index contributed by atoms with van der Waals surface area (Å²) in [4.78, 5) is 0. The maximum Gasteiger partial charge on any atom is 0.157 e. The zero-order valence-corrected chi connectivity index (χ0v) is 27.6. The lowest BCUT2D eigenvalue weighted by Gasteiger charge is -2.24. The quantitative estimate of drug-likeness (QED) is 0.0604. The van der Waals surface area contributed by atoms with Crippen LogP contribution in [0.15, 0.2) is 103 Å². The van der Waals surface area contributed by atoms with Crippen LogP contribution in [0.1, 0.15) is 68.6 Å². The molecular formula is C42H32O11. The van der Waals surface area contributed by atoms with Gasteiger partial charge in [-0.3, -0.25) is 0 Å². The Bertz CT molecular complexity index is 2260. The van der Waals surface area contributed by atoms with Crippen molar-refractivity contribution in [1.29, 1.82) is 0 Å². The molecule has 0 fully saturated rings. The van der Waals surface area contributed by atoms with E-state index in [0.29, 0.717) is 50.4 Å². The molecule has 4 atom stereocenters. The maximum absolute atomic E-state index is 10.7. The van der Waals surface area contributed by atoms with Crippen LogP contribution in [0, 0.1) is 0 Å². The lowest BCUT2D eigenvalue weighted by molar-refractivity contribution is 0.212. The second-order valence-corrected chi connectivity index (χ2v) is 13.1. The van der Waals surface area contributed by atoms with Crippen molar-refractivity contribution in [1.82, 2.24) is 0 Å². The second kappa shape index (κ2) is 12.6. The van der Waals surface area contributed by atoms with Crippen LogP contribution >= 0.6 is 0 Å². The van der Waals surface area contributed by atoms with Crippen molar-refractivity contribution in [2.75, 3.05) is 0 Å². The monoisotopic (exact) mass is 712 g/mol. The van der Waals surface area contributed by atoms with Gasteiger partial charge in [0, 0.05) is 29.3 Å². The minimum Gasteiger partial charge on any atom is -0.508 e. The van der Waals surface area contributed by atoms with Gasteiger partial charge in [0.2, 0.25) is 0 Å². The maximum atomic E-state index is 10.7. The predicted molar refractivity (Wildman–Crippen MR) is 193 cm³/mol. The van der Waals surface area contributed by atoms with E-state index in [-0.39, 0.29) is 51.7 Å². The Morgan fingerprint density at radius 2 is 0.811 bits per heavy atom. The van der Waals surface area contributed by atoms with Crippen molar-refractivity contribution in [3.05, 3.63) is 148 Å². The van der Waals surface area contributed by atoms with Gasteiger partial charge in [-0.2, -0.15) is 0 Å². The van der Waals surface area contributed by atoms with E-state index in [1.54, 1.807) is 42.5 Å². The number of benzene rings is 6. The van der Waals surface area contributed by atoms with Crippen LogP contribution in [0.5, 0.6) is 63.2 Å². The van der Waals surface area contributed by atoms with Crippen LogP contribution in [-0.4, -0.2) is 46.0 Å². The van der Waals surface area contributed by atoms with Crippen molar-refractivity contribution < 1.29 is 55.4 Å². The lowest BCUT2D eigenvalue weighted by Crippen LogP contribution is -2.14. The Hall–Kier alpha value is -7.14. The number of rotatable bonds is 6. The molecule has 0 radical (unpaired) electrons. The molecule has 11 heteroatoms. The van der Waals surface area contributed by atoms with E-state index >= 15 is 0 Å². The molecular weight excluding hydrogens is 680 g/mol. The Balaban J connectivity index is 1.42. The predicted octanol–water partition coefficient (Wildman–Crippen LogP) is 7.74. The fraction of sp³-hybridized carbons (Fsp3) is 0.0952. The summed E-state index contributed by atoms with van der Waals surface area (Å²) in [6.07, 6.45) is 1.96. The smallest absolute Gasteiger partial charge is 0.157 e. The van der Waals surface area contributed by atoms with E-state index in [1.165, 1.54) is 60.7 Å². The van der Waals surface area contributed by atoms with E-state index in [4.69, 9.17) is 9.47 Å². The average Bonchev–Trinajstić information content (AvgIpc) is 3.68. The first-order valence-corrected chi connectivity index (χ1v) is 16.5. The molecule has 266 valence electrons. The van der Waals surface area contributed by atoms with E-state index in [1.807, 2.05) is 12.2 Å². The number of aromatic hydroxyl groups is 9. The van der Waals surface area contributed by atoms with Crippen LogP contribution in [0.4, 0.5) is 0 Å². The summed E-state index contributed by atoms with van der Waals surface area (Å²) in [5.74, 6) is -2.89. The first kappa shape index (κ1) is 33.0. The molecule has 0 aromatic heterocycles. The summed E-state index contributed by atoms with van der Waals surface area (Å²) >= 11 is 0. The Morgan fingerprint density at radius 3 is 1.23 bits per heavy atom. The highest BCUT2D eigenvalue weighted by atomic mass is 16.5. The number of ether oxygens (including phenoxy) is 2. The highest BCUT2D eigenvalue weighted by molar-refractivity contribution is 5.80. The van der Waals surface area contributed by atoms with Crippen molar-refractivity contribution in [3.63, 3.8) is 0 Å². The zero-order valence-electron chi connectivity index (χ0n) is 27.6. The van der Waals surface area contributed by atoms with Crippen LogP contribution in [0.25, 0.3) is 12.2 Å². The van der Waals surface area contributed by atoms with Crippen LogP contribution in [-0.2, 0) is 0 Å². The van der Waals surface area contributed by atoms with Gasteiger partial charge in [-0.1, -0.05) is 36.4 Å². The summed E-state index contributed by atoms with van der Waals surface area (Å²) in [5.41, 5.74) is 4.40. The number of hydrogen-bond donors (Lipinski definition) is 9. The Labute approximate surface area is 302 Å². The fourth-order valence-electron chi connectivity index (χ4n) is 7.41. The molecule has 2 aliphatic heterocycles. The molecule has 2 aliphatic rings. The number of phenolic OH excluding ortho intramolecular Hbond substituents is 9. The molecule has 0 saturated heterocycles. The SMILES string of the molecule is Oc1ccc(C=Cc2c3c(cc4c2C(c2cc(O)cc(O)c2)C(c2ccc(O)c(O)c2)O4)OC(c2ccc(O)c(O)c2)C3c2cc(O)cc(O)c2)cc1. The molecule has 8 rings (SSSR count). The van der Waals surface area contributed by atoms with Gasteiger partial charge in [0.1, 0.15) is 52.5 Å². The van der Waals surface area contributed by atoms with Crippen molar-refractivity contribution in [2.45, 2.75) is 24.0 Å². The van der Waals surface area contributed by atoms with E-state index in [2.05, 4.69) is 0 Å². The highest BCUT2D eigenvalue weighted by Crippen LogP contribution is 2.60. The molecule has 53 heavy (non-hydrogen) atoms. The molecule has 4 unspecified atom stereocenters. The summed E-state index contributed by atoms with van der Waals surface area (Å²) < 4.78 is 13.3. The van der Waals surface area contributed by atoms with Crippen molar-refractivity contribution in [3.8, 4) is 63.2 Å². The molecule has 11 nitrogen and oxygen atoms in total. The molecule has 6 aromatic rings. The lowest BCUT2D eigenvalue weighted by atomic mass is 9.77.